The molecule has 0 aliphatic rings. The van der Waals surface area contributed by atoms with Gasteiger partial charge in [-0.3, -0.25) is 0 Å². The molecule has 0 unspecified atom stereocenters. The normalized spacial score (nSPS) is 11.1. The van der Waals surface area contributed by atoms with E-state index in [0.717, 1.165) is 18.6 Å². The Kier molecular flexibility index (Phi) is 5.53. The molecular formula is C7H13NO2. The van der Waals surface area contributed by atoms with Crippen molar-refractivity contribution in [3.05, 3.63) is 12.8 Å². The highest BCUT2D eigenvalue weighted by Gasteiger charge is 1.90. The molecule has 3 nitrogen and oxygen atoms in total. The van der Waals surface area contributed by atoms with Gasteiger partial charge in [0.15, 0.2) is 0 Å². The Hall–Kier alpha value is -0.990. The third-order valence-electron chi connectivity index (χ3n) is 1.09. The smallest absolute Gasteiger partial charge is 0.0876 e. The molecule has 0 fully saturated rings. The molecule has 0 saturated carbocycles. The van der Waals surface area contributed by atoms with Crippen molar-refractivity contribution < 1.29 is 9.94 Å². The van der Waals surface area contributed by atoms with Crippen LogP contribution in [0.2, 0.25) is 0 Å². The maximum absolute atomic E-state index is 8.22. The van der Waals surface area contributed by atoms with E-state index < -0.39 is 0 Å². The molecule has 1 N–H and O–H groups in total. The standard InChI is InChI=1S/C7H13NO2/c1-3-10-6-4-5-7(2)8-9/h3,9H,1,4-6H2,2H3/b8-7+. The van der Waals surface area contributed by atoms with Crippen LogP contribution in [0.5, 0.6) is 0 Å². The summed E-state index contributed by atoms with van der Waals surface area (Å²) in [6.07, 6.45) is 3.04. The van der Waals surface area contributed by atoms with E-state index in [4.69, 9.17) is 9.94 Å². The summed E-state index contributed by atoms with van der Waals surface area (Å²) in [5.74, 6) is 0. The summed E-state index contributed by atoms with van der Waals surface area (Å²) in [6, 6.07) is 0. The van der Waals surface area contributed by atoms with Gasteiger partial charge in [-0.1, -0.05) is 11.7 Å². The molecule has 0 rings (SSSR count). The Morgan fingerprint density at radius 1 is 1.80 bits per heavy atom. The van der Waals surface area contributed by atoms with Crippen LogP contribution in [0.15, 0.2) is 18.0 Å². The highest BCUT2D eigenvalue weighted by Crippen LogP contribution is 1.92. The second-order valence-electron chi connectivity index (χ2n) is 1.98. The largest absolute Gasteiger partial charge is 0.502 e. The Bertz CT molecular complexity index is 121. The highest BCUT2D eigenvalue weighted by atomic mass is 16.5. The predicted molar refractivity (Wildman–Crippen MR) is 40.3 cm³/mol. The molecule has 3 heteroatoms. The maximum atomic E-state index is 8.22. The zero-order valence-electron chi connectivity index (χ0n) is 6.21. The van der Waals surface area contributed by atoms with E-state index in [1.54, 1.807) is 6.92 Å². The van der Waals surface area contributed by atoms with Gasteiger partial charge in [-0.2, -0.15) is 0 Å². The van der Waals surface area contributed by atoms with E-state index in [1.807, 2.05) is 0 Å². The number of hydrogen-bond donors (Lipinski definition) is 1. The summed E-state index contributed by atoms with van der Waals surface area (Å²) in [7, 11) is 0. The maximum Gasteiger partial charge on any atom is 0.0876 e. The first kappa shape index (κ1) is 9.01. The molecular weight excluding hydrogens is 130 g/mol. The second kappa shape index (κ2) is 6.13. The van der Waals surface area contributed by atoms with Crippen LogP contribution in [-0.2, 0) is 4.74 Å². The van der Waals surface area contributed by atoms with Crippen molar-refractivity contribution in [2.75, 3.05) is 6.61 Å². The van der Waals surface area contributed by atoms with E-state index in [0.29, 0.717) is 6.61 Å². The molecule has 0 aliphatic carbocycles. The molecule has 58 valence electrons. The van der Waals surface area contributed by atoms with Gasteiger partial charge in [0.2, 0.25) is 0 Å². The van der Waals surface area contributed by atoms with Gasteiger partial charge in [0.1, 0.15) is 0 Å². The average Bonchev–Trinajstić information content (AvgIpc) is 1.98. The van der Waals surface area contributed by atoms with Gasteiger partial charge in [0.05, 0.1) is 18.6 Å². The van der Waals surface area contributed by atoms with Gasteiger partial charge in [-0.15, -0.1) is 0 Å². The minimum absolute atomic E-state index is 0.635. The van der Waals surface area contributed by atoms with Crippen molar-refractivity contribution in [1.29, 1.82) is 0 Å². The predicted octanol–water partition coefficient (Wildman–Crippen LogP) is 1.78. The molecule has 0 spiro atoms. The van der Waals surface area contributed by atoms with Crippen molar-refractivity contribution in [1.82, 2.24) is 0 Å². The molecule has 0 bridgehead atoms. The minimum Gasteiger partial charge on any atom is -0.502 e. The summed E-state index contributed by atoms with van der Waals surface area (Å²) in [6.45, 7) is 5.80. The van der Waals surface area contributed by atoms with Gasteiger partial charge in [-0.05, 0) is 19.8 Å². The van der Waals surface area contributed by atoms with E-state index in [9.17, 15) is 0 Å². The molecule has 0 atom stereocenters. The zero-order chi connectivity index (χ0) is 7.82. The van der Waals surface area contributed by atoms with Gasteiger partial charge in [0.25, 0.3) is 0 Å². The number of oxime groups is 1. The van der Waals surface area contributed by atoms with Crippen molar-refractivity contribution in [2.24, 2.45) is 5.16 Å². The van der Waals surface area contributed by atoms with E-state index >= 15 is 0 Å². The van der Waals surface area contributed by atoms with E-state index in [2.05, 4.69) is 11.7 Å². The third kappa shape index (κ3) is 5.15. The van der Waals surface area contributed by atoms with Gasteiger partial charge >= 0.3 is 0 Å². The van der Waals surface area contributed by atoms with Crippen LogP contribution in [0.3, 0.4) is 0 Å². The quantitative estimate of drug-likeness (QED) is 0.209. The molecule has 0 radical (unpaired) electrons. The number of rotatable bonds is 5. The summed E-state index contributed by atoms with van der Waals surface area (Å²) in [5, 5.41) is 11.2. The second-order valence-corrected chi connectivity index (χ2v) is 1.98. The molecule has 0 aromatic heterocycles. The van der Waals surface area contributed by atoms with Crippen LogP contribution in [0.4, 0.5) is 0 Å². The number of nitrogens with zero attached hydrogens (tertiary/aromatic N) is 1. The Labute approximate surface area is 61.0 Å². The molecule has 10 heavy (non-hydrogen) atoms. The first-order valence-corrected chi connectivity index (χ1v) is 3.21. The van der Waals surface area contributed by atoms with Gasteiger partial charge in [0, 0.05) is 0 Å². The highest BCUT2D eigenvalue weighted by molar-refractivity contribution is 5.81. The Morgan fingerprint density at radius 2 is 2.50 bits per heavy atom. The van der Waals surface area contributed by atoms with E-state index in [1.165, 1.54) is 6.26 Å². The lowest BCUT2D eigenvalue weighted by Gasteiger charge is -1.98. The SMILES string of the molecule is C=COCCC/C(C)=N/O. The molecule has 0 heterocycles. The summed E-state index contributed by atoms with van der Waals surface area (Å²) in [5.41, 5.74) is 0.729. The van der Waals surface area contributed by atoms with Crippen molar-refractivity contribution >= 4 is 5.71 Å². The number of ether oxygens (including phenoxy) is 1. The van der Waals surface area contributed by atoms with Crippen LogP contribution in [0, 0.1) is 0 Å². The molecule has 0 amide bonds. The molecule has 0 aromatic carbocycles. The van der Waals surface area contributed by atoms with Crippen LogP contribution < -0.4 is 0 Å². The van der Waals surface area contributed by atoms with Crippen molar-refractivity contribution in [3.8, 4) is 0 Å². The van der Waals surface area contributed by atoms with Crippen LogP contribution in [0.1, 0.15) is 19.8 Å². The zero-order valence-corrected chi connectivity index (χ0v) is 6.21. The van der Waals surface area contributed by atoms with Crippen molar-refractivity contribution in [3.63, 3.8) is 0 Å². The molecule has 0 aromatic rings. The average molecular weight is 143 g/mol. The fraction of sp³-hybridized carbons (Fsp3) is 0.571. The summed E-state index contributed by atoms with van der Waals surface area (Å²) in [4.78, 5) is 0. The molecule has 0 aliphatic heterocycles. The van der Waals surface area contributed by atoms with Crippen LogP contribution in [-0.4, -0.2) is 17.5 Å². The minimum atomic E-state index is 0.635. The molecule has 0 saturated heterocycles. The summed E-state index contributed by atoms with van der Waals surface area (Å²) < 4.78 is 4.86. The fourth-order valence-corrected chi connectivity index (χ4v) is 0.545. The van der Waals surface area contributed by atoms with Gasteiger partial charge in [-0.25, -0.2) is 0 Å². The Morgan fingerprint density at radius 3 is 3.00 bits per heavy atom. The third-order valence-corrected chi connectivity index (χ3v) is 1.09. The lowest BCUT2D eigenvalue weighted by molar-refractivity contribution is 0.247. The van der Waals surface area contributed by atoms with Gasteiger partial charge < -0.3 is 9.94 Å². The van der Waals surface area contributed by atoms with Crippen LogP contribution in [0.25, 0.3) is 0 Å². The first-order chi connectivity index (χ1) is 4.81. The topological polar surface area (TPSA) is 41.8 Å². The van der Waals surface area contributed by atoms with Crippen molar-refractivity contribution in [2.45, 2.75) is 19.8 Å². The monoisotopic (exact) mass is 143 g/mol. The van der Waals surface area contributed by atoms with Crippen LogP contribution >= 0.6 is 0 Å². The lowest BCUT2D eigenvalue weighted by atomic mass is 10.2. The van der Waals surface area contributed by atoms with E-state index in [-0.39, 0.29) is 0 Å². The fourth-order valence-electron chi connectivity index (χ4n) is 0.545. The summed E-state index contributed by atoms with van der Waals surface area (Å²) >= 11 is 0. The Balaban J connectivity index is 3.11. The first-order valence-electron chi connectivity index (χ1n) is 3.21. The lowest BCUT2D eigenvalue weighted by Crippen LogP contribution is -1.94. The number of hydrogen-bond acceptors (Lipinski definition) is 3.